The van der Waals surface area contributed by atoms with E-state index < -0.39 is 35.1 Å². The van der Waals surface area contributed by atoms with E-state index in [4.69, 9.17) is 4.74 Å². The summed E-state index contributed by atoms with van der Waals surface area (Å²) in [4.78, 5) is 42.9. The van der Waals surface area contributed by atoms with E-state index in [0.29, 0.717) is 25.1 Å². The Bertz CT molecular complexity index is 955. The lowest BCUT2D eigenvalue weighted by Crippen LogP contribution is -2.59. The SMILES string of the molecule is CCCCNC(=O)C1N([C@@H](CO)[C@@H](C)CC)C(=O)[C@@H]2[C@@H](C(=O)Nc3ccccc3)[C@@]3(C)CCC12O3. The summed E-state index contributed by atoms with van der Waals surface area (Å²) in [5, 5.41) is 16.3. The van der Waals surface area contributed by atoms with Crippen LogP contribution >= 0.6 is 0 Å². The molecule has 2 unspecified atom stereocenters. The molecule has 4 rings (SSSR count). The van der Waals surface area contributed by atoms with Gasteiger partial charge in [0.2, 0.25) is 17.7 Å². The molecule has 3 aliphatic heterocycles. The largest absolute Gasteiger partial charge is 0.394 e. The van der Waals surface area contributed by atoms with Crippen LogP contribution in [0.3, 0.4) is 0 Å². The second-order valence-electron chi connectivity index (χ2n) is 10.6. The number of unbranched alkanes of at least 4 members (excludes halogenated alkanes) is 1. The smallest absolute Gasteiger partial charge is 0.245 e. The molecule has 3 heterocycles. The first-order chi connectivity index (χ1) is 16.7. The molecule has 3 N–H and O–H groups in total. The summed E-state index contributed by atoms with van der Waals surface area (Å²) in [6.07, 6.45) is 3.62. The van der Waals surface area contributed by atoms with E-state index in [0.717, 1.165) is 19.3 Å². The standard InChI is InChI=1S/C27H39N3O5/c1-5-7-15-28-24(33)22-27-14-13-26(4,35-27)20(23(32)29-18-11-9-8-10-12-18)21(27)25(34)30(22)19(16-31)17(3)6-2/h8-12,17,19-22,31H,5-7,13-16H2,1-4H3,(H,28,33)(H,29,32)/t17-,19-,20-,21-,22?,26+,27?/m0/s1. The number of nitrogens with one attached hydrogen (secondary N) is 2. The monoisotopic (exact) mass is 485 g/mol. The molecule has 8 nitrogen and oxygen atoms in total. The highest BCUT2D eigenvalue weighted by Gasteiger charge is 2.78. The highest BCUT2D eigenvalue weighted by Crippen LogP contribution is 2.63. The van der Waals surface area contributed by atoms with E-state index in [-0.39, 0.29) is 30.2 Å². The summed E-state index contributed by atoms with van der Waals surface area (Å²) in [6, 6.07) is 7.77. The summed E-state index contributed by atoms with van der Waals surface area (Å²) in [5.41, 5.74) is -1.26. The van der Waals surface area contributed by atoms with Gasteiger partial charge >= 0.3 is 0 Å². The van der Waals surface area contributed by atoms with Crippen molar-refractivity contribution in [2.45, 2.75) is 83.1 Å². The van der Waals surface area contributed by atoms with Gasteiger partial charge in [0, 0.05) is 12.2 Å². The number of carbonyl (C=O) groups is 3. The molecule has 1 spiro atoms. The first-order valence-corrected chi connectivity index (χ1v) is 13.0. The lowest BCUT2D eigenvalue weighted by molar-refractivity contribution is -0.150. The van der Waals surface area contributed by atoms with Gasteiger partial charge in [-0.15, -0.1) is 0 Å². The number of rotatable bonds is 10. The third kappa shape index (κ3) is 4.14. The van der Waals surface area contributed by atoms with E-state index in [1.165, 1.54) is 0 Å². The van der Waals surface area contributed by atoms with E-state index in [9.17, 15) is 19.5 Å². The van der Waals surface area contributed by atoms with E-state index in [1.807, 2.05) is 51.1 Å². The number of fused-ring (bicyclic) bond motifs is 1. The molecule has 0 aliphatic carbocycles. The topological polar surface area (TPSA) is 108 Å². The number of para-hydroxylation sites is 1. The number of nitrogens with zero attached hydrogens (tertiary/aromatic N) is 1. The summed E-state index contributed by atoms with van der Waals surface area (Å²) in [5.74, 6) is -2.31. The number of carbonyl (C=O) groups excluding carboxylic acids is 3. The predicted octanol–water partition coefficient (Wildman–Crippen LogP) is 2.71. The zero-order valence-corrected chi connectivity index (χ0v) is 21.3. The van der Waals surface area contributed by atoms with Gasteiger partial charge in [0.25, 0.3) is 0 Å². The maximum atomic E-state index is 14.1. The molecule has 3 amide bonds. The Balaban J connectivity index is 1.73. The molecule has 35 heavy (non-hydrogen) atoms. The second kappa shape index (κ2) is 9.90. The van der Waals surface area contributed by atoms with Crippen LogP contribution in [-0.2, 0) is 19.1 Å². The van der Waals surface area contributed by atoms with Crippen LogP contribution in [0.15, 0.2) is 30.3 Å². The van der Waals surface area contributed by atoms with Crippen molar-refractivity contribution in [2.24, 2.45) is 17.8 Å². The maximum absolute atomic E-state index is 14.1. The predicted molar refractivity (Wildman–Crippen MR) is 132 cm³/mol. The molecule has 8 heteroatoms. The first kappa shape index (κ1) is 25.6. The zero-order valence-electron chi connectivity index (χ0n) is 21.3. The normalized spacial score (nSPS) is 32.9. The van der Waals surface area contributed by atoms with Gasteiger partial charge in [-0.1, -0.05) is 51.8 Å². The Morgan fingerprint density at radius 1 is 1.20 bits per heavy atom. The highest BCUT2D eigenvalue weighted by atomic mass is 16.5. The van der Waals surface area contributed by atoms with Crippen molar-refractivity contribution in [3.05, 3.63) is 30.3 Å². The molecular formula is C27H39N3O5. The summed E-state index contributed by atoms with van der Waals surface area (Å²) in [6.45, 7) is 8.18. The van der Waals surface area contributed by atoms with Gasteiger partial charge in [-0.05, 0) is 44.2 Å². The van der Waals surface area contributed by atoms with Crippen LogP contribution in [0.2, 0.25) is 0 Å². The molecule has 3 aliphatic rings. The Kier molecular flexibility index (Phi) is 7.25. The van der Waals surface area contributed by atoms with Gasteiger partial charge in [0.1, 0.15) is 11.6 Å². The third-order valence-corrected chi connectivity index (χ3v) is 8.46. The van der Waals surface area contributed by atoms with E-state index in [2.05, 4.69) is 17.6 Å². The lowest BCUT2D eigenvalue weighted by Gasteiger charge is -2.39. The van der Waals surface area contributed by atoms with Crippen molar-refractivity contribution in [3.63, 3.8) is 0 Å². The fraction of sp³-hybridized carbons (Fsp3) is 0.667. The zero-order chi connectivity index (χ0) is 25.4. The van der Waals surface area contributed by atoms with Crippen LogP contribution in [0.1, 0.15) is 59.8 Å². The Hall–Kier alpha value is -2.45. The average molecular weight is 486 g/mol. The molecule has 3 fully saturated rings. The molecular weight excluding hydrogens is 446 g/mol. The van der Waals surface area contributed by atoms with Crippen LogP contribution in [-0.4, -0.2) is 64.2 Å². The van der Waals surface area contributed by atoms with Crippen LogP contribution < -0.4 is 10.6 Å². The Labute approximate surface area is 207 Å². The fourth-order valence-electron chi connectivity index (χ4n) is 6.46. The summed E-state index contributed by atoms with van der Waals surface area (Å²) < 4.78 is 6.63. The van der Waals surface area contributed by atoms with Crippen LogP contribution in [0, 0.1) is 17.8 Å². The molecule has 0 radical (unpaired) electrons. The number of aliphatic hydroxyl groups excluding tert-OH is 1. The lowest BCUT2D eigenvalue weighted by atomic mass is 9.66. The number of ether oxygens (including phenoxy) is 1. The number of likely N-dealkylation sites (tertiary alicyclic amines) is 1. The number of amides is 3. The summed E-state index contributed by atoms with van der Waals surface area (Å²) in [7, 11) is 0. The van der Waals surface area contributed by atoms with E-state index in [1.54, 1.807) is 4.90 Å². The number of aliphatic hydroxyl groups is 1. The van der Waals surface area contributed by atoms with Crippen molar-refractivity contribution >= 4 is 23.4 Å². The molecule has 1 aromatic rings. The van der Waals surface area contributed by atoms with Gasteiger partial charge in [-0.25, -0.2) is 0 Å². The minimum Gasteiger partial charge on any atom is -0.394 e. The van der Waals surface area contributed by atoms with Crippen molar-refractivity contribution in [2.75, 3.05) is 18.5 Å². The van der Waals surface area contributed by atoms with Crippen molar-refractivity contribution in [1.29, 1.82) is 0 Å². The first-order valence-electron chi connectivity index (χ1n) is 13.0. The minimum absolute atomic E-state index is 0.0190. The Morgan fingerprint density at radius 2 is 1.91 bits per heavy atom. The molecule has 7 atom stereocenters. The van der Waals surface area contributed by atoms with Gasteiger partial charge in [0.15, 0.2) is 0 Å². The number of hydrogen-bond acceptors (Lipinski definition) is 5. The summed E-state index contributed by atoms with van der Waals surface area (Å²) >= 11 is 0. The Morgan fingerprint density at radius 3 is 2.54 bits per heavy atom. The number of anilines is 1. The van der Waals surface area contributed by atoms with Gasteiger partial charge in [-0.3, -0.25) is 14.4 Å². The minimum atomic E-state index is -1.08. The maximum Gasteiger partial charge on any atom is 0.245 e. The van der Waals surface area contributed by atoms with Crippen molar-refractivity contribution in [1.82, 2.24) is 10.2 Å². The van der Waals surface area contributed by atoms with Gasteiger partial charge in [0.05, 0.1) is 30.1 Å². The van der Waals surface area contributed by atoms with Crippen LogP contribution in [0.5, 0.6) is 0 Å². The number of benzene rings is 1. The molecule has 3 saturated heterocycles. The molecule has 0 aromatic heterocycles. The molecule has 1 aromatic carbocycles. The van der Waals surface area contributed by atoms with Crippen LogP contribution in [0.4, 0.5) is 5.69 Å². The van der Waals surface area contributed by atoms with Crippen molar-refractivity contribution < 1.29 is 24.2 Å². The van der Waals surface area contributed by atoms with Gasteiger partial charge in [-0.2, -0.15) is 0 Å². The number of hydrogen-bond donors (Lipinski definition) is 3. The second-order valence-corrected chi connectivity index (χ2v) is 10.6. The fourth-order valence-corrected chi connectivity index (χ4v) is 6.46. The molecule has 0 saturated carbocycles. The molecule has 2 bridgehead atoms. The highest BCUT2D eigenvalue weighted by molar-refractivity contribution is 6.02. The van der Waals surface area contributed by atoms with Gasteiger partial charge < -0.3 is 25.4 Å². The van der Waals surface area contributed by atoms with Crippen molar-refractivity contribution in [3.8, 4) is 0 Å². The average Bonchev–Trinajstić information content (AvgIpc) is 3.41. The quantitative estimate of drug-likeness (QED) is 0.442. The van der Waals surface area contributed by atoms with E-state index >= 15 is 0 Å². The van der Waals surface area contributed by atoms with Crippen LogP contribution in [0.25, 0.3) is 0 Å². The third-order valence-electron chi connectivity index (χ3n) is 8.46. The molecule has 192 valence electrons.